The zero-order valence-electron chi connectivity index (χ0n) is 14.2. The number of methoxy groups -OCH3 is 1. The molecule has 2 rings (SSSR count). The number of aryl methyl sites for hydroxylation is 2. The maximum absolute atomic E-state index is 12.4. The minimum absolute atomic E-state index is 0.00669. The first kappa shape index (κ1) is 17.5. The van der Waals surface area contributed by atoms with Crippen molar-refractivity contribution >= 4 is 16.9 Å². The molecule has 0 saturated carbocycles. The highest BCUT2D eigenvalue weighted by Crippen LogP contribution is 2.26. The number of furan rings is 1. The predicted molar refractivity (Wildman–Crippen MR) is 89.5 cm³/mol. The van der Waals surface area contributed by atoms with Gasteiger partial charge in [-0.05, 0) is 38.3 Å². The van der Waals surface area contributed by atoms with Crippen molar-refractivity contribution in [3.05, 3.63) is 35.1 Å². The second-order valence-electron chi connectivity index (χ2n) is 6.34. The number of amides is 1. The maximum Gasteiger partial charge on any atom is 0.225 e. The second-order valence-corrected chi connectivity index (χ2v) is 6.34. The van der Waals surface area contributed by atoms with E-state index in [2.05, 4.69) is 5.32 Å². The third kappa shape index (κ3) is 3.92. The number of aliphatic hydroxyl groups is 1. The van der Waals surface area contributed by atoms with Crippen LogP contribution in [0, 0.1) is 13.8 Å². The molecule has 1 heterocycles. The van der Waals surface area contributed by atoms with Crippen LogP contribution in [-0.2, 0) is 16.0 Å². The highest BCUT2D eigenvalue weighted by Gasteiger charge is 2.26. The molecule has 0 radical (unpaired) electrons. The summed E-state index contributed by atoms with van der Waals surface area (Å²) in [6, 6.07) is 4.03. The first-order valence-corrected chi connectivity index (χ1v) is 7.77. The van der Waals surface area contributed by atoms with Gasteiger partial charge in [0.05, 0.1) is 24.8 Å². The Morgan fingerprint density at radius 3 is 2.78 bits per heavy atom. The lowest BCUT2D eigenvalue weighted by Crippen LogP contribution is -2.50. The van der Waals surface area contributed by atoms with Gasteiger partial charge in [0.25, 0.3) is 0 Å². The molecule has 23 heavy (non-hydrogen) atoms. The van der Waals surface area contributed by atoms with Crippen molar-refractivity contribution in [1.82, 2.24) is 5.32 Å². The van der Waals surface area contributed by atoms with Crippen molar-refractivity contribution < 1.29 is 19.1 Å². The second kappa shape index (κ2) is 7.15. The van der Waals surface area contributed by atoms with Crippen LogP contribution >= 0.6 is 0 Å². The van der Waals surface area contributed by atoms with E-state index < -0.39 is 5.54 Å². The SMILES string of the molecule is COCC(C)(CCO)NC(=O)Cc1coc2c(C)c(C)ccc12. The van der Waals surface area contributed by atoms with Gasteiger partial charge >= 0.3 is 0 Å². The van der Waals surface area contributed by atoms with E-state index >= 15 is 0 Å². The van der Waals surface area contributed by atoms with Crippen molar-refractivity contribution in [3.8, 4) is 0 Å². The van der Waals surface area contributed by atoms with Gasteiger partial charge in [-0.3, -0.25) is 4.79 Å². The molecule has 2 N–H and O–H groups in total. The summed E-state index contributed by atoms with van der Waals surface area (Å²) in [6.07, 6.45) is 2.33. The molecule has 0 aliphatic heterocycles. The Morgan fingerprint density at radius 1 is 1.39 bits per heavy atom. The number of fused-ring (bicyclic) bond motifs is 1. The Balaban J connectivity index is 2.16. The van der Waals surface area contributed by atoms with Crippen molar-refractivity contribution in [2.24, 2.45) is 0 Å². The van der Waals surface area contributed by atoms with Gasteiger partial charge < -0.3 is 19.6 Å². The lowest BCUT2D eigenvalue weighted by Gasteiger charge is -2.29. The molecule has 0 aliphatic rings. The first-order chi connectivity index (χ1) is 10.9. The molecule has 1 aromatic carbocycles. The number of ether oxygens (including phenoxy) is 1. The molecule has 126 valence electrons. The summed E-state index contributed by atoms with van der Waals surface area (Å²) in [7, 11) is 1.58. The van der Waals surface area contributed by atoms with Crippen molar-refractivity contribution in [2.75, 3.05) is 20.3 Å². The fourth-order valence-corrected chi connectivity index (χ4v) is 2.82. The van der Waals surface area contributed by atoms with Gasteiger partial charge in [0, 0.05) is 24.7 Å². The molecule has 5 heteroatoms. The number of aliphatic hydroxyl groups excluding tert-OH is 1. The quantitative estimate of drug-likeness (QED) is 0.822. The van der Waals surface area contributed by atoms with Gasteiger partial charge in [-0.1, -0.05) is 12.1 Å². The van der Waals surface area contributed by atoms with Gasteiger partial charge in [0.15, 0.2) is 0 Å². The number of benzene rings is 1. The number of hydrogen-bond acceptors (Lipinski definition) is 4. The van der Waals surface area contributed by atoms with Crippen LogP contribution in [0.5, 0.6) is 0 Å². The minimum atomic E-state index is -0.577. The van der Waals surface area contributed by atoms with E-state index in [4.69, 9.17) is 9.15 Å². The number of hydrogen-bond donors (Lipinski definition) is 2. The average Bonchev–Trinajstić information content (AvgIpc) is 2.86. The Bertz CT molecular complexity index is 684. The minimum Gasteiger partial charge on any atom is -0.464 e. The largest absolute Gasteiger partial charge is 0.464 e. The predicted octanol–water partition coefficient (Wildman–Crippen LogP) is 2.50. The summed E-state index contributed by atoms with van der Waals surface area (Å²) in [4.78, 5) is 12.4. The van der Waals surface area contributed by atoms with Gasteiger partial charge in [-0.25, -0.2) is 0 Å². The van der Waals surface area contributed by atoms with Crippen LogP contribution in [0.2, 0.25) is 0 Å². The molecule has 1 amide bonds. The summed E-state index contributed by atoms with van der Waals surface area (Å²) in [5.41, 5.74) is 3.39. The molecule has 1 unspecified atom stereocenters. The molecule has 0 bridgehead atoms. The molecule has 0 saturated heterocycles. The molecule has 2 aromatic rings. The van der Waals surface area contributed by atoms with Crippen molar-refractivity contribution in [3.63, 3.8) is 0 Å². The molecule has 1 aromatic heterocycles. The molecule has 0 aliphatic carbocycles. The number of nitrogens with one attached hydrogen (secondary N) is 1. The first-order valence-electron chi connectivity index (χ1n) is 7.77. The van der Waals surface area contributed by atoms with Crippen LogP contribution in [0.15, 0.2) is 22.8 Å². The smallest absolute Gasteiger partial charge is 0.225 e. The average molecular weight is 319 g/mol. The Labute approximate surface area is 136 Å². The Hall–Kier alpha value is -1.85. The summed E-state index contributed by atoms with van der Waals surface area (Å²) >= 11 is 0. The standard InChI is InChI=1S/C18H25NO4/c1-12-5-6-15-14(10-23-17(15)13(12)2)9-16(21)19-18(3,7-8-20)11-22-4/h5-6,10,20H,7-9,11H2,1-4H3,(H,19,21). The van der Waals surface area contributed by atoms with E-state index in [0.29, 0.717) is 13.0 Å². The Kier molecular flexibility index (Phi) is 5.44. The van der Waals surface area contributed by atoms with E-state index in [1.165, 1.54) is 5.56 Å². The number of rotatable bonds is 7. The van der Waals surface area contributed by atoms with Crippen LogP contribution in [-0.4, -0.2) is 36.9 Å². The number of carbonyl (C=O) groups excluding carboxylic acids is 1. The van der Waals surface area contributed by atoms with Crippen LogP contribution in [0.3, 0.4) is 0 Å². The summed E-state index contributed by atoms with van der Waals surface area (Å²) in [5.74, 6) is -0.112. The maximum atomic E-state index is 12.4. The van der Waals surface area contributed by atoms with Gasteiger partial charge in [-0.15, -0.1) is 0 Å². The van der Waals surface area contributed by atoms with Crippen LogP contribution in [0.4, 0.5) is 0 Å². The fraction of sp³-hybridized carbons (Fsp3) is 0.500. The monoisotopic (exact) mass is 319 g/mol. The van der Waals surface area contributed by atoms with Gasteiger partial charge in [-0.2, -0.15) is 0 Å². The van der Waals surface area contributed by atoms with E-state index in [9.17, 15) is 9.90 Å². The van der Waals surface area contributed by atoms with E-state index in [-0.39, 0.29) is 18.9 Å². The molecule has 5 nitrogen and oxygen atoms in total. The van der Waals surface area contributed by atoms with Crippen LogP contribution in [0.1, 0.15) is 30.0 Å². The fourth-order valence-electron chi connectivity index (χ4n) is 2.82. The van der Waals surface area contributed by atoms with E-state index in [1.54, 1.807) is 13.4 Å². The summed E-state index contributed by atoms with van der Waals surface area (Å²) < 4.78 is 10.8. The Morgan fingerprint density at radius 2 is 2.13 bits per heavy atom. The molecular weight excluding hydrogens is 294 g/mol. The highest BCUT2D eigenvalue weighted by molar-refractivity contribution is 5.89. The van der Waals surface area contributed by atoms with Crippen molar-refractivity contribution in [2.45, 2.75) is 39.2 Å². The topological polar surface area (TPSA) is 71.7 Å². The molecule has 0 spiro atoms. The molecule has 1 atom stereocenters. The van der Waals surface area contributed by atoms with E-state index in [0.717, 1.165) is 22.1 Å². The molecule has 0 fully saturated rings. The summed E-state index contributed by atoms with van der Waals surface area (Å²) in [5, 5.41) is 13.1. The van der Waals surface area contributed by atoms with Crippen LogP contribution in [0.25, 0.3) is 11.0 Å². The zero-order valence-corrected chi connectivity index (χ0v) is 14.2. The highest BCUT2D eigenvalue weighted by atomic mass is 16.5. The van der Waals surface area contributed by atoms with Gasteiger partial charge in [0.1, 0.15) is 5.58 Å². The van der Waals surface area contributed by atoms with Gasteiger partial charge in [0.2, 0.25) is 5.91 Å². The lowest BCUT2D eigenvalue weighted by atomic mass is 9.98. The third-order valence-corrected chi connectivity index (χ3v) is 4.26. The molecular formula is C18H25NO4. The van der Waals surface area contributed by atoms with E-state index in [1.807, 2.05) is 32.9 Å². The lowest BCUT2D eigenvalue weighted by molar-refractivity contribution is -0.123. The van der Waals surface area contributed by atoms with Crippen LogP contribution < -0.4 is 5.32 Å². The third-order valence-electron chi connectivity index (χ3n) is 4.26. The summed E-state index contributed by atoms with van der Waals surface area (Å²) in [6.45, 7) is 6.26. The number of carbonyl (C=O) groups is 1. The zero-order chi connectivity index (χ0) is 17.0. The van der Waals surface area contributed by atoms with Crippen molar-refractivity contribution in [1.29, 1.82) is 0 Å². The normalized spacial score (nSPS) is 14.0.